The average molecular weight is 479 g/mol. The van der Waals surface area contributed by atoms with Gasteiger partial charge in [0.05, 0.1) is 5.39 Å². The van der Waals surface area contributed by atoms with Gasteiger partial charge in [-0.25, -0.2) is 0 Å². The fourth-order valence-corrected chi connectivity index (χ4v) is 4.58. The van der Waals surface area contributed by atoms with Gasteiger partial charge >= 0.3 is 0 Å². The van der Waals surface area contributed by atoms with Crippen LogP contribution in [0, 0.1) is 0 Å². The first-order valence-electron chi connectivity index (χ1n) is 11.7. The number of rotatable bonds is 6. The van der Waals surface area contributed by atoms with E-state index in [9.17, 15) is 25.5 Å². The molecule has 0 saturated carbocycles. The van der Waals surface area contributed by atoms with Crippen molar-refractivity contribution in [1.82, 2.24) is 0 Å². The minimum atomic E-state index is 0.0255. The number of hydrogen-bond acceptors (Lipinski definition) is 5. The van der Waals surface area contributed by atoms with Crippen molar-refractivity contribution in [3.63, 3.8) is 0 Å². The van der Waals surface area contributed by atoms with Gasteiger partial charge in [0.1, 0.15) is 28.7 Å². The molecule has 180 valence electrons. The summed E-state index contributed by atoms with van der Waals surface area (Å²) >= 11 is 0. The van der Waals surface area contributed by atoms with Crippen LogP contribution in [-0.4, -0.2) is 25.5 Å². The number of phenols is 5. The Kier molecular flexibility index (Phi) is 6.13. The zero-order valence-electron chi connectivity index (χ0n) is 19.5. The number of fused-ring (bicyclic) bond motifs is 1. The van der Waals surface area contributed by atoms with Crippen molar-refractivity contribution in [3.8, 4) is 28.7 Å². The summed E-state index contributed by atoms with van der Waals surface area (Å²) in [6.07, 6.45) is 1.42. The van der Waals surface area contributed by atoms with E-state index in [1.807, 2.05) is 30.3 Å². The lowest BCUT2D eigenvalue weighted by atomic mass is 9.90. The molecule has 0 aromatic heterocycles. The maximum absolute atomic E-state index is 11.3. The lowest BCUT2D eigenvalue weighted by molar-refractivity contribution is 0.457. The van der Waals surface area contributed by atoms with Crippen molar-refractivity contribution in [3.05, 3.63) is 124 Å². The molecule has 0 heterocycles. The second-order valence-corrected chi connectivity index (χ2v) is 9.07. The summed E-state index contributed by atoms with van der Waals surface area (Å²) in [5.74, 6) is 0.594. The molecule has 0 aliphatic rings. The quantitative estimate of drug-likeness (QED) is 0.202. The van der Waals surface area contributed by atoms with Crippen LogP contribution in [-0.2, 0) is 19.3 Å². The highest BCUT2D eigenvalue weighted by Gasteiger charge is 2.18. The summed E-state index contributed by atoms with van der Waals surface area (Å²) in [4.78, 5) is 0. The Morgan fingerprint density at radius 3 is 1.25 bits per heavy atom. The van der Waals surface area contributed by atoms with Crippen LogP contribution in [0.4, 0.5) is 0 Å². The minimum Gasteiger partial charge on any atom is -0.508 e. The molecule has 5 aromatic rings. The van der Waals surface area contributed by atoms with Crippen LogP contribution in [0.5, 0.6) is 28.7 Å². The van der Waals surface area contributed by atoms with Crippen molar-refractivity contribution in [1.29, 1.82) is 0 Å². The highest BCUT2D eigenvalue weighted by Crippen LogP contribution is 2.41. The van der Waals surface area contributed by atoms with Gasteiger partial charge in [0, 0.05) is 12.8 Å². The molecule has 5 nitrogen and oxygen atoms in total. The van der Waals surface area contributed by atoms with Gasteiger partial charge in [-0.2, -0.15) is 0 Å². The van der Waals surface area contributed by atoms with Crippen molar-refractivity contribution >= 4 is 10.8 Å². The highest BCUT2D eigenvalue weighted by atomic mass is 16.3. The molecule has 0 saturated heterocycles. The fraction of sp³-hybridized carbons (Fsp3) is 0.0968. The van der Waals surface area contributed by atoms with Gasteiger partial charge in [-0.3, -0.25) is 0 Å². The smallest absolute Gasteiger partial charge is 0.130 e. The van der Waals surface area contributed by atoms with Crippen molar-refractivity contribution in [2.75, 3.05) is 0 Å². The van der Waals surface area contributed by atoms with Crippen LogP contribution < -0.4 is 0 Å². The summed E-state index contributed by atoms with van der Waals surface area (Å²) < 4.78 is 0. The highest BCUT2D eigenvalue weighted by molar-refractivity contribution is 5.98. The number of hydrogen-bond donors (Lipinski definition) is 5. The van der Waals surface area contributed by atoms with Crippen molar-refractivity contribution < 1.29 is 25.5 Å². The Balaban J connectivity index is 1.63. The third kappa shape index (κ3) is 4.77. The van der Waals surface area contributed by atoms with Gasteiger partial charge in [-0.05, 0) is 81.6 Å². The van der Waals surface area contributed by atoms with Gasteiger partial charge in [0.25, 0.3) is 0 Å². The molecule has 0 fully saturated rings. The summed E-state index contributed by atoms with van der Waals surface area (Å²) in [6, 6.07) is 26.4. The number of benzene rings is 5. The first-order valence-corrected chi connectivity index (χ1v) is 11.7. The van der Waals surface area contributed by atoms with Crippen LogP contribution >= 0.6 is 0 Å². The second kappa shape index (κ2) is 9.55. The molecule has 0 radical (unpaired) electrons. The molecule has 5 heteroatoms. The van der Waals surface area contributed by atoms with Crippen molar-refractivity contribution in [2.24, 2.45) is 0 Å². The van der Waals surface area contributed by atoms with Crippen molar-refractivity contribution in [2.45, 2.75) is 19.3 Å². The molecule has 5 rings (SSSR count). The summed E-state index contributed by atoms with van der Waals surface area (Å²) in [5.41, 5.74) is 5.10. The van der Waals surface area contributed by atoms with E-state index in [1.54, 1.807) is 60.7 Å². The zero-order chi connectivity index (χ0) is 25.2. The molecule has 5 N–H and O–H groups in total. The molecular formula is C31H26O5. The minimum absolute atomic E-state index is 0.0255. The number of aromatic hydroxyl groups is 5. The molecule has 0 amide bonds. The van der Waals surface area contributed by atoms with E-state index in [2.05, 4.69) is 0 Å². The van der Waals surface area contributed by atoms with Gasteiger partial charge in [-0.1, -0.05) is 54.6 Å². The lowest BCUT2D eigenvalue weighted by Crippen LogP contribution is -1.98. The second-order valence-electron chi connectivity index (χ2n) is 9.07. The molecule has 0 unspecified atom stereocenters. The van der Waals surface area contributed by atoms with E-state index in [4.69, 9.17) is 0 Å². The summed E-state index contributed by atoms with van der Waals surface area (Å²) in [6.45, 7) is 0. The first kappa shape index (κ1) is 23.1. The van der Waals surface area contributed by atoms with E-state index in [0.717, 1.165) is 27.6 Å². The monoisotopic (exact) mass is 478 g/mol. The van der Waals surface area contributed by atoms with Gasteiger partial charge < -0.3 is 25.5 Å². The van der Waals surface area contributed by atoms with Crippen LogP contribution in [0.3, 0.4) is 0 Å². The molecule has 0 spiro atoms. The maximum Gasteiger partial charge on any atom is 0.130 e. The van der Waals surface area contributed by atoms with Gasteiger partial charge in [0.15, 0.2) is 0 Å². The van der Waals surface area contributed by atoms with E-state index in [1.165, 1.54) is 0 Å². The molecule has 0 bridgehead atoms. The standard InChI is InChI=1S/C31H26O5/c32-25-8-1-19(2-9-25)15-22-7-14-28-23(16-20-3-10-26(33)11-4-20)18-24(31(36)29(28)30(22)35)17-21-5-12-27(34)13-6-21/h1-14,18,32-36H,15-17H2. The van der Waals surface area contributed by atoms with E-state index < -0.39 is 0 Å². The molecule has 0 aliphatic carbocycles. The third-order valence-electron chi connectivity index (χ3n) is 6.49. The van der Waals surface area contributed by atoms with Crippen LogP contribution in [0.15, 0.2) is 91.0 Å². The largest absolute Gasteiger partial charge is 0.508 e. The topological polar surface area (TPSA) is 101 Å². The summed E-state index contributed by atoms with van der Waals surface area (Å²) in [5, 5.41) is 52.7. The Morgan fingerprint density at radius 1 is 0.389 bits per heavy atom. The maximum atomic E-state index is 11.3. The summed E-state index contributed by atoms with van der Waals surface area (Å²) in [7, 11) is 0. The first-order chi connectivity index (χ1) is 17.4. The predicted molar refractivity (Wildman–Crippen MR) is 140 cm³/mol. The fourth-order valence-electron chi connectivity index (χ4n) is 4.58. The van der Waals surface area contributed by atoms with Gasteiger partial charge in [-0.15, -0.1) is 0 Å². The molecule has 0 atom stereocenters. The Hall–Kier alpha value is -4.64. The number of phenolic OH excluding ortho intramolecular Hbond substituents is 5. The Bertz CT molecular complexity index is 1510. The van der Waals surface area contributed by atoms with Crippen LogP contribution in [0.25, 0.3) is 10.8 Å². The van der Waals surface area contributed by atoms with Crippen LogP contribution in [0.1, 0.15) is 33.4 Å². The van der Waals surface area contributed by atoms with Gasteiger partial charge in [0.2, 0.25) is 0 Å². The predicted octanol–water partition coefficient (Wildman–Crippen LogP) is 6.14. The lowest BCUT2D eigenvalue weighted by Gasteiger charge is -2.17. The van der Waals surface area contributed by atoms with E-state index in [-0.39, 0.29) is 28.7 Å². The SMILES string of the molecule is Oc1ccc(Cc2ccc3c(Cc4ccc(O)cc4)cc(Cc4ccc(O)cc4)c(O)c3c2O)cc1. The Labute approximate surface area is 208 Å². The third-order valence-corrected chi connectivity index (χ3v) is 6.49. The molecule has 5 aromatic carbocycles. The Morgan fingerprint density at radius 2 is 0.778 bits per heavy atom. The molecule has 36 heavy (non-hydrogen) atoms. The van der Waals surface area contributed by atoms with E-state index in [0.29, 0.717) is 35.8 Å². The van der Waals surface area contributed by atoms with E-state index >= 15 is 0 Å². The average Bonchev–Trinajstić information content (AvgIpc) is 2.87. The molecule has 0 aliphatic heterocycles. The zero-order valence-corrected chi connectivity index (χ0v) is 19.5. The van der Waals surface area contributed by atoms with Crippen LogP contribution in [0.2, 0.25) is 0 Å². The molecular weight excluding hydrogens is 452 g/mol. The normalized spacial score (nSPS) is 11.1.